The Morgan fingerprint density at radius 3 is 2.57 bits per heavy atom. The van der Waals surface area contributed by atoms with Gasteiger partial charge in [-0.2, -0.15) is 12.6 Å². The van der Waals surface area contributed by atoms with Crippen LogP contribution < -0.4 is 0 Å². The van der Waals surface area contributed by atoms with E-state index in [4.69, 9.17) is 6.42 Å². The summed E-state index contributed by atoms with van der Waals surface area (Å²) in [6, 6.07) is 8.10. The molecule has 0 heterocycles. The van der Waals surface area contributed by atoms with Gasteiger partial charge >= 0.3 is 0 Å². The van der Waals surface area contributed by atoms with Crippen molar-refractivity contribution in [2.24, 2.45) is 0 Å². The lowest BCUT2D eigenvalue weighted by Gasteiger charge is -2.01. The van der Waals surface area contributed by atoms with E-state index in [-0.39, 0.29) is 0 Å². The molecule has 1 rings (SSSR count). The van der Waals surface area contributed by atoms with Crippen molar-refractivity contribution >= 4 is 12.6 Å². The van der Waals surface area contributed by atoms with E-state index in [0.717, 1.165) is 17.7 Å². The van der Waals surface area contributed by atoms with Crippen LogP contribution in [-0.2, 0) is 6.42 Å². The molecule has 0 saturated carbocycles. The van der Waals surface area contributed by atoms with Crippen LogP contribution in [0.25, 0.3) is 0 Å². The van der Waals surface area contributed by atoms with Crippen LogP contribution in [0.4, 0.5) is 0 Å². The maximum Gasteiger partial charge on any atom is 0.0242 e. The quantitative estimate of drug-likeness (QED) is 0.434. The lowest BCUT2D eigenvalue weighted by Crippen LogP contribution is -1.87. The Morgan fingerprint density at radius 2 is 2.07 bits per heavy atom. The molecule has 72 valence electrons. The smallest absolute Gasteiger partial charge is 0.0242 e. The molecule has 0 nitrogen and oxygen atoms in total. The Balaban J connectivity index is 2.70. The highest BCUT2D eigenvalue weighted by Gasteiger charge is 1.94. The fourth-order valence-electron chi connectivity index (χ4n) is 1.27. The van der Waals surface area contributed by atoms with Crippen molar-refractivity contribution in [3.05, 3.63) is 47.0 Å². The van der Waals surface area contributed by atoms with Gasteiger partial charge < -0.3 is 0 Å². The normalized spacial score (nSPS) is 11.1. The van der Waals surface area contributed by atoms with Crippen LogP contribution in [0.1, 0.15) is 18.1 Å². The molecule has 0 amide bonds. The molecule has 0 N–H and O–H groups in total. The van der Waals surface area contributed by atoms with Gasteiger partial charge in [-0.1, -0.05) is 29.7 Å². The minimum atomic E-state index is 0.800. The average molecular weight is 202 g/mol. The van der Waals surface area contributed by atoms with Gasteiger partial charge in [0.05, 0.1) is 0 Å². The van der Waals surface area contributed by atoms with Crippen LogP contribution in [0.5, 0.6) is 0 Å². The van der Waals surface area contributed by atoms with Crippen LogP contribution in [0.3, 0.4) is 0 Å². The van der Waals surface area contributed by atoms with E-state index < -0.39 is 0 Å². The minimum absolute atomic E-state index is 0.800. The summed E-state index contributed by atoms with van der Waals surface area (Å²) in [5.41, 5.74) is 3.57. The second kappa shape index (κ2) is 5.57. The predicted octanol–water partition coefficient (Wildman–Crippen LogP) is 3.09. The summed E-state index contributed by atoms with van der Waals surface area (Å²) in [5.74, 6) is 3.41. The Hall–Kier alpha value is -1.13. The van der Waals surface area contributed by atoms with Crippen LogP contribution in [0, 0.1) is 12.3 Å². The molecule has 0 atom stereocenters. The number of hydrogen-bond donors (Lipinski definition) is 1. The van der Waals surface area contributed by atoms with E-state index >= 15 is 0 Å². The van der Waals surface area contributed by atoms with E-state index in [1.54, 1.807) is 0 Å². The molecule has 0 aliphatic carbocycles. The maximum atomic E-state index is 5.28. The molecule has 1 aromatic carbocycles. The second-order valence-corrected chi connectivity index (χ2v) is 3.62. The first-order chi connectivity index (χ1) is 6.76. The van der Waals surface area contributed by atoms with Gasteiger partial charge in [-0.3, -0.25) is 0 Å². The number of thiol groups is 1. The third kappa shape index (κ3) is 3.32. The molecule has 0 saturated heterocycles. The molecule has 0 radical (unpaired) electrons. The van der Waals surface area contributed by atoms with E-state index in [9.17, 15) is 0 Å². The lowest BCUT2D eigenvalue weighted by atomic mass is 10.0. The fourth-order valence-corrected chi connectivity index (χ4v) is 1.58. The number of allylic oxidation sites excluding steroid dienone is 1. The van der Waals surface area contributed by atoms with Crippen molar-refractivity contribution in [3.63, 3.8) is 0 Å². The summed E-state index contributed by atoms with van der Waals surface area (Å²) in [7, 11) is 0. The molecule has 0 aromatic heterocycles. The van der Waals surface area contributed by atoms with Gasteiger partial charge in [-0.05, 0) is 31.0 Å². The SMILES string of the molecule is C#Cc1ccc(CC(C)=CCS)cc1. The van der Waals surface area contributed by atoms with Crippen molar-refractivity contribution in [2.45, 2.75) is 13.3 Å². The highest BCUT2D eigenvalue weighted by Crippen LogP contribution is 2.09. The molecule has 1 aromatic rings. The third-order valence-electron chi connectivity index (χ3n) is 2.04. The topological polar surface area (TPSA) is 0 Å². The van der Waals surface area contributed by atoms with E-state index in [1.807, 2.05) is 12.1 Å². The number of terminal acetylenes is 1. The molecular formula is C13H14S. The molecular weight excluding hydrogens is 188 g/mol. The zero-order valence-electron chi connectivity index (χ0n) is 8.33. The van der Waals surface area contributed by atoms with Crippen molar-refractivity contribution < 1.29 is 0 Å². The summed E-state index contributed by atoms with van der Waals surface area (Å²) in [5, 5.41) is 0. The zero-order valence-corrected chi connectivity index (χ0v) is 9.22. The van der Waals surface area contributed by atoms with Gasteiger partial charge in [0.1, 0.15) is 0 Å². The van der Waals surface area contributed by atoms with Gasteiger partial charge in [0, 0.05) is 11.3 Å². The van der Waals surface area contributed by atoms with Gasteiger partial charge in [-0.15, -0.1) is 6.42 Å². The first kappa shape index (κ1) is 10.9. The minimum Gasteiger partial charge on any atom is -0.175 e. The molecule has 0 fully saturated rings. The Labute approximate surface area is 91.5 Å². The molecule has 1 heteroatoms. The standard InChI is InChI=1S/C13H14S/c1-3-12-4-6-13(7-5-12)10-11(2)8-9-14/h1,4-8,14H,9-10H2,2H3. The van der Waals surface area contributed by atoms with Gasteiger partial charge in [0.2, 0.25) is 0 Å². The fraction of sp³-hybridized carbons (Fsp3) is 0.231. The lowest BCUT2D eigenvalue weighted by molar-refractivity contribution is 1.14. The van der Waals surface area contributed by atoms with Crippen LogP contribution >= 0.6 is 12.6 Å². The highest BCUT2D eigenvalue weighted by molar-refractivity contribution is 7.80. The third-order valence-corrected chi connectivity index (χ3v) is 2.23. The summed E-state index contributed by atoms with van der Waals surface area (Å²) in [6.07, 6.45) is 8.38. The number of rotatable bonds is 3. The molecule has 0 bridgehead atoms. The van der Waals surface area contributed by atoms with Crippen molar-refractivity contribution in [2.75, 3.05) is 5.75 Å². The van der Waals surface area contributed by atoms with Crippen LogP contribution in [0.15, 0.2) is 35.9 Å². The largest absolute Gasteiger partial charge is 0.175 e. The molecule has 14 heavy (non-hydrogen) atoms. The highest BCUT2D eigenvalue weighted by atomic mass is 32.1. The van der Waals surface area contributed by atoms with Crippen molar-refractivity contribution in [3.8, 4) is 12.3 Å². The van der Waals surface area contributed by atoms with E-state index in [0.29, 0.717) is 0 Å². The molecule has 0 aliphatic heterocycles. The predicted molar refractivity (Wildman–Crippen MR) is 65.7 cm³/mol. The number of hydrogen-bond acceptors (Lipinski definition) is 1. The summed E-state index contributed by atoms with van der Waals surface area (Å²) < 4.78 is 0. The van der Waals surface area contributed by atoms with Gasteiger partial charge in [0.25, 0.3) is 0 Å². The zero-order chi connectivity index (χ0) is 10.4. The van der Waals surface area contributed by atoms with Crippen molar-refractivity contribution in [1.82, 2.24) is 0 Å². The first-order valence-corrected chi connectivity index (χ1v) is 5.21. The Bertz CT molecular complexity index is 352. The first-order valence-electron chi connectivity index (χ1n) is 4.58. The van der Waals surface area contributed by atoms with Crippen LogP contribution in [0.2, 0.25) is 0 Å². The molecule has 0 spiro atoms. The van der Waals surface area contributed by atoms with E-state index in [2.05, 4.69) is 43.7 Å². The van der Waals surface area contributed by atoms with Gasteiger partial charge in [-0.25, -0.2) is 0 Å². The molecule has 0 aliphatic rings. The maximum absolute atomic E-state index is 5.28. The summed E-state index contributed by atoms with van der Waals surface area (Å²) >= 11 is 4.15. The van der Waals surface area contributed by atoms with Crippen molar-refractivity contribution in [1.29, 1.82) is 0 Å². The van der Waals surface area contributed by atoms with Gasteiger partial charge in [0.15, 0.2) is 0 Å². The second-order valence-electron chi connectivity index (χ2n) is 3.25. The monoisotopic (exact) mass is 202 g/mol. The van der Waals surface area contributed by atoms with Crippen LogP contribution in [-0.4, -0.2) is 5.75 Å². The average Bonchev–Trinajstić information content (AvgIpc) is 2.19. The van der Waals surface area contributed by atoms with E-state index in [1.165, 1.54) is 11.1 Å². The Kier molecular flexibility index (Phi) is 4.35. The summed E-state index contributed by atoms with van der Waals surface area (Å²) in [4.78, 5) is 0. The Morgan fingerprint density at radius 1 is 1.43 bits per heavy atom. The molecule has 0 unspecified atom stereocenters. The summed E-state index contributed by atoms with van der Waals surface area (Å²) in [6.45, 7) is 2.12. The number of benzene rings is 1.